The second-order valence-corrected chi connectivity index (χ2v) is 6.77. The van der Waals surface area contributed by atoms with E-state index in [0.29, 0.717) is 23.6 Å². The molecule has 1 aromatic carbocycles. The molecule has 3 rings (SSSR count). The van der Waals surface area contributed by atoms with E-state index in [0.717, 1.165) is 16.7 Å². The van der Waals surface area contributed by atoms with Gasteiger partial charge in [-0.3, -0.25) is 9.78 Å². The van der Waals surface area contributed by atoms with E-state index in [1.54, 1.807) is 42.9 Å². The Kier molecular flexibility index (Phi) is 7.08. The van der Waals surface area contributed by atoms with Gasteiger partial charge in [0.05, 0.1) is 12.5 Å². The van der Waals surface area contributed by atoms with Crippen LogP contribution in [0.4, 0.5) is 4.39 Å². The molecule has 0 saturated heterocycles. The van der Waals surface area contributed by atoms with Crippen LogP contribution in [0.25, 0.3) is 11.1 Å². The molecule has 30 heavy (non-hydrogen) atoms. The van der Waals surface area contributed by atoms with Crippen LogP contribution < -0.4 is 4.74 Å². The Morgan fingerprint density at radius 1 is 1.17 bits per heavy atom. The first-order chi connectivity index (χ1) is 14.5. The highest BCUT2D eigenvalue weighted by atomic mass is 19.1. The monoisotopic (exact) mass is 410 g/mol. The summed E-state index contributed by atoms with van der Waals surface area (Å²) in [5.41, 5.74) is 3.60. The van der Waals surface area contributed by atoms with Crippen LogP contribution in [-0.4, -0.2) is 27.7 Å². The van der Waals surface area contributed by atoms with E-state index in [-0.39, 0.29) is 18.8 Å². The summed E-state index contributed by atoms with van der Waals surface area (Å²) in [7, 11) is 0. The summed E-state index contributed by atoms with van der Waals surface area (Å²) in [5, 5.41) is 9.02. The summed E-state index contributed by atoms with van der Waals surface area (Å²) >= 11 is 0. The lowest BCUT2D eigenvalue weighted by molar-refractivity contribution is -0.140. The lowest BCUT2D eigenvalue weighted by atomic mass is 10.0. The van der Waals surface area contributed by atoms with Gasteiger partial charge in [0.25, 0.3) is 0 Å². The molecule has 2 heterocycles. The van der Waals surface area contributed by atoms with Crippen LogP contribution in [-0.2, 0) is 16.1 Å². The number of pyridine rings is 2. The number of carbonyl (C=O) groups is 1. The largest absolute Gasteiger partial charge is 0.481 e. The Balaban J connectivity index is 1.71. The van der Waals surface area contributed by atoms with Crippen molar-refractivity contribution in [3.05, 3.63) is 77.5 Å². The van der Waals surface area contributed by atoms with Crippen LogP contribution >= 0.6 is 0 Å². The maximum Gasteiger partial charge on any atom is 0.306 e. The maximum absolute atomic E-state index is 14.3. The van der Waals surface area contributed by atoms with Crippen molar-refractivity contribution in [1.29, 1.82) is 0 Å². The van der Waals surface area contributed by atoms with Crippen LogP contribution in [0.2, 0.25) is 0 Å². The highest BCUT2D eigenvalue weighted by Crippen LogP contribution is 2.27. The highest BCUT2D eigenvalue weighted by Gasteiger charge is 2.16. The van der Waals surface area contributed by atoms with Gasteiger partial charge in [-0.15, -0.1) is 0 Å². The molecule has 7 heteroatoms. The second-order valence-electron chi connectivity index (χ2n) is 6.77. The van der Waals surface area contributed by atoms with Crippen molar-refractivity contribution in [3.8, 4) is 17.0 Å². The molecule has 0 fully saturated rings. The summed E-state index contributed by atoms with van der Waals surface area (Å²) in [5.74, 6) is -0.879. The molecule has 0 aliphatic carbocycles. The summed E-state index contributed by atoms with van der Waals surface area (Å²) in [6.07, 6.45) is 4.17. The average molecular weight is 410 g/mol. The number of aliphatic carboxylic acids is 1. The molecule has 156 valence electrons. The lowest BCUT2D eigenvalue weighted by Crippen LogP contribution is -2.10. The Hall–Kier alpha value is -3.32. The van der Waals surface area contributed by atoms with Gasteiger partial charge < -0.3 is 14.6 Å². The normalized spacial score (nSPS) is 11.8. The van der Waals surface area contributed by atoms with Crippen molar-refractivity contribution in [3.63, 3.8) is 0 Å². The number of hydrogen-bond acceptors (Lipinski definition) is 5. The third-order valence-corrected chi connectivity index (χ3v) is 4.61. The van der Waals surface area contributed by atoms with Gasteiger partial charge in [-0.2, -0.15) is 0 Å². The first-order valence-electron chi connectivity index (χ1n) is 9.59. The summed E-state index contributed by atoms with van der Waals surface area (Å²) in [6.45, 7) is 4.33. The number of aromatic nitrogens is 2. The zero-order valence-electron chi connectivity index (χ0n) is 16.8. The van der Waals surface area contributed by atoms with Gasteiger partial charge in [0.1, 0.15) is 12.4 Å². The predicted molar refractivity (Wildman–Crippen MR) is 110 cm³/mol. The molecule has 0 spiro atoms. The number of halogens is 1. The fourth-order valence-electron chi connectivity index (χ4n) is 3.07. The first-order valence-corrected chi connectivity index (χ1v) is 9.59. The summed E-state index contributed by atoms with van der Waals surface area (Å²) in [4.78, 5) is 19.3. The molecule has 0 aliphatic heterocycles. The van der Waals surface area contributed by atoms with Crippen molar-refractivity contribution in [2.24, 2.45) is 0 Å². The SMILES string of the molecule is CCO[C@@H](CC(=O)O)c1ccc(OCc2ccc(F)c(-c3cnccc3C)c2)nc1. The zero-order valence-corrected chi connectivity index (χ0v) is 16.8. The number of rotatable bonds is 9. The van der Waals surface area contributed by atoms with Crippen LogP contribution in [0.5, 0.6) is 5.88 Å². The Labute approximate surface area is 174 Å². The van der Waals surface area contributed by atoms with E-state index in [9.17, 15) is 9.18 Å². The van der Waals surface area contributed by atoms with E-state index < -0.39 is 12.1 Å². The minimum Gasteiger partial charge on any atom is -0.481 e. The maximum atomic E-state index is 14.3. The number of nitrogens with zero attached hydrogens (tertiary/aromatic N) is 2. The third kappa shape index (κ3) is 5.39. The molecule has 1 atom stereocenters. The fourth-order valence-corrected chi connectivity index (χ4v) is 3.07. The van der Waals surface area contributed by atoms with E-state index in [4.69, 9.17) is 14.6 Å². The zero-order chi connectivity index (χ0) is 21.5. The highest BCUT2D eigenvalue weighted by molar-refractivity contribution is 5.68. The molecule has 2 aromatic heterocycles. The van der Waals surface area contributed by atoms with Crippen molar-refractivity contribution in [1.82, 2.24) is 9.97 Å². The van der Waals surface area contributed by atoms with Crippen LogP contribution in [0, 0.1) is 12.7 Å². The summed E-state index contributed by atoms with van der Waals surface area (Å²) < 4.78 is 25.5. The van der Waals surface area contributed by atoms with Crippen molar-refractivity contribution in [2.45, 2.75) is 33.0 Å². The molecule has 0 unspecified atom stereocenters. The van der Waals surface area contributed by atoms with Gasteiger partial charge in [0.15, 0.2) is 0 Å². The Morgan fingerprint density at radius 2 is 2.00 bits per heavy atom. The van der Waals surface area contributed by atoms with Crippen molar-refractivity contribution >= 4 is 5.97 Å². The number of carboxylic acids is 1. The van der Waals surface area contributed by atoms with Gasteiger partial charge in [0, 0.05) is 42.4 Å². The molecule has 0 radical (unpaired) electrons. The molecular formula is C23H23FN2O4. The smallest absolute Gasteiger partial charge is 0.306 e. The molecule has 3 aromatic rings. The topological polar surface area (TPSA) is 81.5 Å². The number of hydrogen-bond donors (Lipinski definition) is 1. The van der Waals surface area contributed by atoms with Crippen molar-refractivity contribution < 1.29 is 23.8 Å². The molecular weight excluding hydrogens is 387 g/mol. The van der Waals surface area contributed by atoms with E-state index >= 15 is 0 Å². The van der Waals surface area contributed by atoms with E-state index in [1.807, 2.05) is 19.9 Å². The lowest BCUT2D eigenvalue weighted by Gasteiger charge is -2.15. The van der Waals surface area contributed by atoms with Gasteiger partial charge in [-0.05, 0) is 54.8 Å². The average Bonchev–Trinajstić information content (AvgIpc) is 2.73. The number of benzene rings is 1. The number of carboxylic acid groups (broad SMARTS) is 1. The Morgan fingerprint density at radius 3 is 2.67 bits per heavy atom. The number of aryl methyl sites for hydroxylation is 1. The van der Waals surface area contributed by atoms with Crippen LogP contribution in [0.3, 0.4) is 0 Å². The standard InChI is InChI=1S/C23H23FN2O4/c1-3-29-21(11-23(27)28)17-5-7-22(26-12-17)30-14-16-4-6-20(24)18(10-16)19-13-25-9-8-15(19)2/h4-10,12-13,21H,3,11,14H2,1-2H3,(H,27,28)/t21-/m0/s1. The van der Waals surface area contributed by atoms with E-state index in [1.165, 1.54) is 6.07 Å². The first kappa shape index (κ1) is 21.4. The molecule has 0 aliphatic rings. The number of ether oxygens (including phenoxy) is 2. The Bertz CT molecular complexity index is 1010. The molecule has 0 saturated carbocycles. The van der Waals surface area contributed by atoms with Gasteiger partial charge in [0.2, 0.25) is 5.88 Å². The molecule has 1 N–H and O–H groups in total. The van der Waals surface area contributed by atoms with Gasteiger partial charge in [-0.1, -0.05) is 6.07 Å². The minimum atomic E-state index is -0.940. The third-order valence-electron chi connectivity index (χ3n) is 4.61. The van der Waals surface area contributed by atoms with Gasteiger partial charge in [-0.25, -0.2) is 9.37 Å². The fraction of sp³-hybridized carbons (Fsp3) is 0.261. The van der Waals surface area contributed by atoms with E-state index in [2.05, 4.69) is 9.97 Å². The van der Waals surface area contributed by atoms with Crippen LogP contribution in [0.1, 0.15) is 36.1 Å². The summed E-state index contributed by atoms with van der Waals surface area (Å²) in [6, 6.07) is 10.1. The van der Waals surface area contributed by atoms with Gasteiger partial charge >= 0.3 is 5.97 Å². The molecule has 0 bridgehead atoms. The molecule has 0 amide bonds. The quantitative estimate of drug-likeness (QED) is 0.550. The second kappa shape index (κ2) is 9.93. The predicted octanol–water partition coefficient (Wildman–Crippen LogP) is 4.72. The van der Waals surface area contributed by atoms with Crippen molar-refractivity contribution in [2.75, 3.05) is 6.61 Å². The minimum absolute atomic E-state index is 0.137. The van der Waals surface area contributed by atoms with Crippen LogP contribution in [0.15, 0.2) is 55.0 Å². The molecule has 6 nitrogen and oxygen atoms in total.